The van der Waals surface area contributed by atoms with E-state index in [0.29, 0.717) is 24.3 Å². The molecule has 3 aromatic rings. The number of ketones is 1. The Morgan fingerprint density at radius 3 is 2.63 bits per heavy atom. The number of para-hydroxylation sites is 2. The van der Waals surface area contributed by atoms with Gasteiger partial charge in [-0.25, -0.2) is 4.98 Å². The fourth-order valence-electron chi connectivity index (χ4n) is 2.82. The van der Waals surface area contributed by atoms with Gasteiger partial charge in [-0.1, -0.05) is 12.1 Å². The van der Waals surface area contributed by atoms with Gasteiger partial charge in [0, 0.05) is 13.0 Å². The number of nitrogens with one attached hydrogen (secondary N) is 2. The minimum absolute atomic E-state index is 0.0848. The molecule has 3 rings (SSSR count). The van der Waals surface area contributed by atoms with Crippen molar-refractivity contribution in [3.8, 4) is 5.75 Å². The minimum atomic E-state index is -0.237. The molecule has 2 aromatic carbocycles. The zero-order valence-electron chi connectivity index (χ0n) is 15.8. The normalized spacial score (nSPS) is 10.8. The molecule has 0 aliphatic carbocycles. The van der Waals surface area contributed by atoms with Gasteiger partial charge in [0.2, 0.25) is 0 Å². The lowest BCUT2D eigenvalue weighted by molar-refractivity contribution is -0.123. The lowest BCUT2D eigenvalue weighted by Crippen LogP contribution is -2.31. The van der Waals surface area contributed by atoms with Crippen LogP contribution in [-0.2, 0) is 11.2 Å². The lowest BCUT2D eigenvalue weighted by Gasteiger charge is -2.12. The highest BCUT2D eigenvalue weighted by Crippen LogP contribution is 2.23. The zero-order valence-corrected chi connectivity index (χ0v) is 15.8. The zero-order chi connectivity index (χ0) is 19.4. The molecule has 0 bridgehead atoms. The van der Waals surface area contributed by atoms with Gasteiger partial charge in [0.25, 0.3) is 5.91 Å². The summed E-state index contributed by atoms with van der Waals surface area (Å²) in [7, 11) is 0. The van der Waals surface area contributed by atoms with Crippen LogP contribution in [-0.4, -0.2) is 34.8 Å². The van der Waals surface area contributed by atoms with E-state index in [2.05, 4.69) is 15.3 Å². The van der Waals surface area contributed by atoms with E-state index in [1.54, 1.807) is 12.1 Å². The van der Waals surface area contributed by atoms with Crippen molar-refractivity contribution in [3.05, 3.63) is 58.9 Å². The van der Waals surface area contributed by atoms with E-state index in [-0.39, 0.29) is 18.3 Å². The maximum Gasteiger partial charge on any atom is 0.257 e. The van der Waals surface area contributed by atoms with Crippen LogP contribution in [0.3, 0.4) is 0 Å². The number of carbonyl (C=O) groups is 2. The predicted molar refractivity (Wildman–Crippen MR) is 104 cm³/mol. The van der Waals surface area contributed by atoms with Crippen LogP contribution in [0, 0.1) is 13.8 Å². The van der Waals surface area contributed by atoms with E-state index in [9.17, 15) is 9.59 Å². The summed E-state index contributed by atoms with van der Waals surface area (Å²) < 4.78 is 5.59. The number of imidazole rings is 1. The fraction of sp³-hybridized carbons (Fsp3) is 0.286. The van der Waals surface area contributed by atoms with Gasteiger partial charge >= 0.3 is 0 Å². The SMILES string of the molecule is CC(=O)c1cc(C)c(C)cc1OCC(=O)NCCc1nc2ccccc2[nH]1. The Kier molecular flexibility index (Phi) is 5.54. The third-order valence-electron chi connectivity index (χ3n) is 4.46. The molecule has 0 saturated carbocycles. The Bertz CT molecular complexity index is 959. The van der Waals surface area contributed by atoms with Crippen molar-refractivity contribution in [3.63, 3.8) is 0 Å². The first-order chi connectivity index (χ1) is 12.9. The van der Waals surface area contributed by atoms with Gasteiger partial charge in [0.1, 0.15) is 11.6 Å². The van der Waals surface area contributed by atoms with Crippen LogP contribution in [0.1, 0.15) is 34.2 Å². The van der Waals surface area contributed by atoms with E-state index >= 15 is 0 Å². The molecule has 6 nitrogen and oxygen atoms in total. The molecular weight excluding hydrogens is 342 g/mol. The number of aromatic amines is 1. The van der Waals surface area contributed by atoms with Gasteiger partial charge in [-0.2, -0.15) is 0 Å². The number of hydrogen-bond donors (Lipinski definition) is 2. The summed E-state index contributed by atoms with van der Waals surface area (Å²) in [5, 5.41) is 2.81. The molecule has 27 heavy (non-hydrogen) atoms. The molecule has 6 heteroatoms. The molecule has 0 radical (unpaired) electrons. The molecule has 0 spiro atoms. The molecule has 0 saturated heterocycles. The van der Waals surface area contributed by atoms with Crippen molar-refractivity contribution in [1.82, 2.24) is 15.3 Å². The summed E-state index contributed by atoms with van der Waals surface area (Å²) in [6.45, 7) is 5.69. The Balaban J connectivity index is 1.52. The predicted octanol–water partition coefficient (Wildman–Crippen LogP) is 3.12. The quantitative estimate of drug-likeness (QED) is 0.630. The molecule has 0 aliphatic rings. The highest BCUT2D eigenvalue weighted by atomic mass is 16.5. The number of aromatic nitrogens is 2. The van der Waals surface area contributed by atoms with Gasteiger partial charge in [-0.15, -0.1) is 0 Å². The second-order valence-corrected chi connectivity index (χ2v) is 6.58. The monoisotopic (exact) mass is 365 g/mol. The molecule has 0 unspecified atom stereocenters. The Morgan fingerprint density at radius 1 is 1.15 bits per heavy atom. The molecule has 2 N–H and O–H groups in total. The molecule has 0 aliphatic heterocycles. The van der Waals surface area contributed by atoms with Crippen molar-refractivity contribution in [2.75, 3.05) is 13.2 Å². The summed E-state index contributed by atoms with van der Waals surface area (Å²) in [4.78, 5) is 31.6. The topological polar surface area (TPSA) is 84.1 Å². The second kappa shape index (κ2) is 8.03. The smallest absolute Gasteiger partial charge is 0.257 e. The van der Waals surface area contributed by atoms with Gasteiger partial charge < -0.3 is 15.0 Å². The molecule has 1 aromatic heterocycles. The Labute approximate surface area is 158 Å². The van der Waals surface area contributed by atoms with Gasteiger partial charge in [-0.05, 0) is 56.2 Å². The van der Waals surface area contributed by atoms with E-state index in [4.69, 9.17) is 4.74 Å². The molecule has 140 valence electrons. The number of fused-ring (bicyclic) bond motifs is 1. The number of ether oxygens (including phenoxy) is 1. The summed E-state index contributed by atoms with van der Waals surface area (Å²) >= 11 is 0. The van der Waals surface area contributed by atoms with Crippen LogP contribution in [0.5, 0.6) is 5.75 Å². The molecule has 1 amide bonds. The molecule has 0 atom stereocenters. The minimum Gasteiger partial charge on any atom is -0.483 e. The summed E-state index contributed by atoms with van der Waals surface area (Å²) in [5.74, 6) is 0.945. The van der Waals surface area contributed by atoms with Crippen molar-refractivity contribution in [2.45, 2.75) is 27.2 Å². The number of carbonyl (C=O) groups excluding carboxylic acids is 2. The summed E-state index contributed by atoms with van der Waals surface area (Å²) in [5.41, 5.74) is 4.42. The number of amides is 1. The average molecular weight is 365 g/mol. The summed E-state index contributed by atoms with van der Waals surface area (Å²) in [6.07, 6.45) is 0.600. The molecule has 0 fully saturated rings. The molecule has 1 heterocycles. The number of H-pyrrole nitrogens is 1. The first-order valence-electron chi connectivity index (χ1n) is 8.89. The fourth-order valence-corrected chi connectivity index (χ4v) is 2.82. The van der Waals surface area contributed by atoms with Crippen LogP contribution >= 0.6 is 0 Å². The molecular formula is C21H23N3O3. The van der Waals surface area contributed by atoms with Crippen LogP contribution in [0.2, 0.25) is 0 Å². The Morgan fingerprint density at radius 2 is 1.89 bits per heavy atom. The maximum atomic E-state index is 12.1. The van der Waals surface area contributed by atoms with Crippen LogP contribution in [0.25, 0.3) is 11.0 Å². The first-order valence-corrected chi connectivity index (χ1v) is 8.89. The third-order valence-corrected chi connectivity index (χ3v) is 4.46. The standard InChI is InChI=1S/C21H23N3O3/c1-13-10-16(15(3)25)19(11-14(13)2)27-12-21(26)22-9-8-20-23-17-6-4-5-7-18(17)24-20/h4-7,10-11H,8-9,12H2,1-3H3,(H,22,26)(H,23,24). The van der Waals surface area contributed by atoms with E-state index in [1.807, 2.05) is 38.1 Å². The second-order valence-electron chi connectivity index (χ2n) is 6.58. The van der Waals surface area contributed by atoms with E-state index in [1.165, 1.54) is 6.92 Å². The van der Waals surface area contributed by atoms with Crippen molar-refractivity contribution in [1.29, 1.82) is 0 Å². The summed E-state index contributed by atoms with van der Waals surface area (Å²) in [6, 6.07) is 11.4. The maximum absolute atomic E-state index is 12.1. The van der Waals surface area contributed by atoms with Gasteiger partial charge in [0.05, 0.1) is 16.6 Å². The number of nitrogens with zero attached hydrogens (tertiary/aromatic N) is 1. The number of hydrogen-bond acceptors (Lipinski definition) is 4. The van der Waals surface area contributed by atoms with Crippen LogP contribution in [0.15, 0.2) is 36.4 Å². The third kappa shape index (κ3) is 4.53. The van der Waals surface area contributed by atoms with Crippen molar-refractivity contribution in [2.24, 2.45) is 0 Å². The number of aryl methyl sites for hydroxylation is 2. The van der Waals surface area contributed by atoms with Gasteiger partial charge in [0.15, 0.2) is 12.4 Å². The average Bonchev–Trinajstić information content (AvgIpc) is 3.05. The largest absolute Gasteiger partial charge is 0.483 e. The number of benzene rings is 2. The van der Waals surface area contributed by atoms with E-state index < -0.39 is 0 Å². The lowest BCUT2D eigenvalue weighted by atomic mass is 10.0. The Hall–Kier alpha value is -3.15. The number of Topliss-reactive ketones (excluding diaryl/α,β-unsaturated/α-hetero) is 1. The highest BCUT2D eigenvalue weighted by Gasteiger charge is 2.12. The van der Waals surface area contributed by atoms with Crippen LogP contribution < -0.4 is 10.1 Å². The van der Waals surface area contributed by atoms with Crippen molar-refractivity contribution < 1.29 is 14.3 Å². The number of rotatable bonds is 7. The van der Waals surface area contributed by atoms with E-state index in [0.717, 1.165) is 28.0 Å². The first kappa shape index (κ1) is 18.6. The van der Waals surface area contributed by atoms with Gasteiger partial charge in [-0.3, -0.25) is 9.59 Å². The van der Waals surface area contributed by atoms with Crippen LogP contribution in [0.4, 0.5) is 0 Å². The highest BCUT2D eigenvalue weighted by molar-refractivity contribution is 5.97. The van der Waals surface area contributed by atoms with Crippen molar-refractivity contribution >= 4 is 22.7 Å².